The average molecular weight is 279 g/mol. The molecule has 0 bridgehead atoms. The van der Waals surface area contributed by atoms with Gasteiger partial charge in [0.1, 0.15) is 0 Å². The molecule has 18 heavy (non-hydrogen) atoms. The summed E-state index contributed by atoms with van der Waals surface area (Å²) in [6.45, 7) is 4.98. The number of hydrogen-bond donors (Lipinski definition) is 1. The molecule has 0 aliphatic heterocycles. The first-order valence-electron chi connectivity index (χ1n) is 5.88. The molecule has 0 atom stereocenters. The minimum atomic E-state index is -0.00962. The molecule has 0 saturated heterocycles. The van der Waals surface area contributed by atoms with E-state index in [2.05, 4.69) is 36.0 Å². The predicted molar refractivity (Wildman–Crippen MR) is 78.4 cm³/mol. The van der Waals surface area contributed by atoms with Gasteiger partial charge < -0.3 is 5.32 Å². The van der Waals surface area contributed by atoms with Crippen LogP contribution in [0.4, 0.5) is 0 Å². The van der Waals surface area contributed by atoms with Crippen LogP contribution >= 0.6 is 22.7 Å². The van der Waals surface area contributed by atoms with E-state index in [1.165, 1.54) is 5.56 Å². The lowest BCUT2D eigenvalue weighted by molar-refractivity contribution is -0.120. The number of thiophene rings is 2. The van der Waals surface area contributed by atoms with Crippen molar-refractivity contribution in [1.82, 2.24) is 5.32 Å². The zero-order chi connectivity index (χ0) is 13.0. The van der Waals surface area contributed by atoms with E-state index in [0.29, 0.717) is 13.0 Å². The fraction of sp³-hybridized carbons (Fsp3) is 0.357. The number of carbonyl (C=O) groups excluding carboxylic acids is 1. The number of hydrogen-bond acceptors (Lipinski definition) is 3. The van der Waals surface area contributed by atoms with E-state index in [-0.39, 0.29) is 11.3 Å². The van der Waals surface area contributed by atoms with E-state index < -0.39 is 0 Å². The summed E-state index contributed by atoms with van der Waals surface area (Å²) in [6.07, 6.45) is 0.475. The van der Waals surface area contributed by atoms with Crippen molar-refractivity contribution < 1.29 is 4.79 Å². The lowest BCUT2D eigenvalue weighted by Crippen LogP contribution is -2.37. The molecule has 2 nitrogen and oxygen atoms in total. The van der Waals surface area contributed by atoms with Gasteiger partial charge in [-0.05, 0) is 44.8 Å². The lowest BCUT2D eigenvalue weighted by atomic mass is 9.86. The molecule has 0 aliphatic carbocycles. The van der Waals surface area contributed by atoms with E-state index >= 15 is 0 Å². The zero-order valence-corrected chi connectivity index (χ0v) is 12.2. The number of carbonyl (C=O) groups is 1. The quantitative estimate of drug-likeness (QED) is 0.892. The summed E-state index contributed by atoms with van der Waals surface area (Å²) in [4.78, 5) is 11.8. The van der Waals surface area contributed by atoms with E-state index in [1.807, 2.05) is 16.8 Å². The smallest absolute Gasteiger partial charge is 0.224 e. The van der Waals surface area contributed by atoms with Gasteiger partial charge in [-0.15, -0.1) is 0 Å². The van der Waals surface area contributed by atoms with Crippen LogP contribution in [0.1, 0.15) is 25.0 Å². The first-order valence-corrected chi connectivity index (χ1v) is 7.77. The standard InChI is InChI=1S/C14H17NOS2/c1-14(2,12-4-6-18-9-12)10-15-13(16)7-11-3-5-17-8-11/h3-6,8-9H,7,10H2,1-2H3,(H,15,16). The van der Waals surface area contributed by atoms with Gasteiger partial charge in [0.2, 0.25) is 5.91 Å². The van der Waals surface area contributed by atoms with E-state index in [0.717, 1.165) is 5.56 Å². The lowest BCUT2D eigenvalue weighted by Gasteiger charge is -2.24. The molecule has 0 radical (unpaired) electrons. The fourth-order valence-corrected chi connectivity index (χ4v) is 3.23. The van der Waals surface area contributed by atoms with Gasteiger partial charge in [-0.1, -0.05) is 13.8 Å². The number of rotatable bonds is 5. The van der Waals surface area contributed by atoms with E-state index in [4.69, 9.17) is 0 Å². The summed E-state index contributed by atoms with van der Waals surface area (Å²) < 4.78 is 0. The van der Waals surface area contributed by atoms with Crippen molar-refractivity contribution >= 4 is 28.6 Å². The van der Waals surface area contributed by atoms with Gasteiger partial charge >= 0.3 is 0 Å². The second kappa shape index (κ2) is 5.67. The Bertz CT molecular complexity index is 486. The highest BCUT2D eigenvalue weighted by atomic mass is 32.1. The Hall–Kier alpha value is -1.13. The van der Waals surface area contributed by atoms with Gasteiger partial charge in [0, 0.05) is 12.0 Å². The highest BCUT2D eigenvalue weighted by Gasteiger charge is 2.21. The first-order chi connectivity index (χ1) is 8.58. The van der Waals surface area contributed by atoms with Gasteiger partial charge in [-0.25, -0.2) is 0 Å². The minimum absolute atomic E-state index is 0.00962. The van der Waals surface area contributed by atoms with Crippen molar-refractivity contribution in [2.75, 3.05) is 6.54 Å². The second-order valence-electron chi connectivity index (χ2n) is 4.98. The van der Waals surface area contributed by atoms with Crippen molar-refractivity contribution in [2.24, 2.45) is 0 Å². The van der Waals surface area contributed by atoms with Crippen molar-refractivity contribution in [1.29, 1.82) is 0 Å². The summed E-state index contributed by atoms with van der Waals surface area (Å²) in [5.74, 6) is 0.0942. The molecule has 2 aromatic rings. The summed E-state index contributed by atoms with van der Waals surface area (Å²) in [5.41, 5.74) is 2.36. The summed E-state index contributed by atoms with van der Waals surface area (Å²) in [7, 11) is 0. The van der Waals surface area contributed by atoms with Gasteiger partial charge in [0.05, 0.1) is 6.42 Å². The van der Waals surface area contributed by atoms with Crippen LogP contribution in [0.2, 0.25) is 0 Å². The Kier molecular flexibility index (Phi) is 4.19. The highest BCUT2D eigenvalue weighted by molar-refractivity contribution is 7.08. The normalized spacial score (nSPS) is 11.4. The van der Waals surface area contributed by atoms with Crippen LogP contribution in [-0.2, 0) is 16.6 Å². The molecule has 1 N–H and O–H groups in total. The van der Waals surface area contributed by atoms with Crippen molar-refractivity contribution in [3.05, 3.63) is 44.8 Å². The molecule has 0 saturated carbocycles. The molecule has 4 heteroatoms. The maximum atomic E-state index is 11.8. The van der Waals surface area contributed by atoms with Crippen molar-refractivity contribution in [3.8, 4) is 0 Å². The zero-order valence-electron chi connectivity index (χ0n) is 10.6. The van der Waals surface area contributed by atoms with Crippen LogP contribution in [0.15, 0.2) is 33.7 Å². The number of amides is 1. The first kappa shape index (κ1) is 13.3. The van der Waals surface area contributed by atoms with Crippen LogP contribution in [0, 0.1) is 0 Å². The van der Waals surface area contributed by atoms with Crippen molar-refractivity contribution in [2.45, 2.75) is 25.7 Å². The van der Waals surface area contributed by atoms with Gasteiger partial charge in [-0.3, -0.25) is 4.79 Å². The molecule has 0 aliphatic rings. The average Bonchev–Trinajstić information content (AvgIpc) is 2.99. The third-order valence-electron chi connectivity index (χ3n) is 2.97. The maximum Gasteiger partial charge on any atom is 0.224 e. The fourth-order valence-electron chi connectivity index (χ4n) is 1.71. The Morgan fingerprint density at radius 3 is 2.56 bits per heavy atom. The molecule has 96 valence electrons. The summed E-state index contributed by atoms with van der Waals surface area (Å²) in [6, 6.07) is 4.12. The molecule has 1 amide bonds. The molecular weight excluding hydrogens is 262 g/mol. The molecule has 0 fully saturated rings. The molecule has 2 heterocycles. The third kappa shape index (κ3) is 3.43. The predicted octanol–water partition coefficient (Wildman–Crippen LogP) is 3.45. The number of nitrogens with one attached hydrogen (secondary N) is 1. The molecule has 0 unspecified atom stereocenters. The van der Waals surface area contributed by atoms with Crippen LogP contribution < -0.4 is 5.32 Å². The van der Waals surface area contributed by atoms with Crippen LogP contribution in [0.25, 0.3) is 0 Å². The monoisotopic (exact) mass is 279 g/mol. The Morgan fingerprint density at radius 1 is 1.22 bits per heavy atom. The second-order valence-corrected chi connectivity index (χ2v) is 6.54. The van der Waals surface area contributed by atoms with E-state index in [9.17, 15) is 4.79 Å². The van der Waals surface area contributed by atoms with Crippen LogP contribution in [0.5, 0.6) is 0 Å². The molecule has 2 rings (SSSR count). The van der Waals surface area contributed by atoms with Crippen LogP contribution in [0.3, 0.4) is 0 Å². The van der Waals surface area contributed by atoms with Crippen molar-refractivity contribution in [3.63, 3.8) is 0 Å². The highest BCUT2D eigenvalue weighted by Crippen LogP contribution is 2.24. The Balaban J connectivity index is 1.86. The molecule has 0 aromatic carbocycles. The topological polar surface area (TPSA) is 29.1 Å². The Morgan fingerprint density at radius 2 is 1.94 bits per heavy atom. The molecular formula is C14H17NOS2. The van der Waals surface area contributed by atoms with Gasteiger partial charge in [0.25, 0.3) is 0 Å². The maximum absolute atomic E-state index is 11.8. The van der Waals surface area contributed by atoms with Gasteiger partial charge in [0.15, 0.2) is 0 Å². The third-order valence-corrected chi connectivity index (χ3v) is 4.39. The van der Waals surface area contributed by atoms with Gasteiger partial charge in [-0.2, -0.15) is 22.7 Å². The molecule has 2 aromatic heterocycles. The van der Waals surface area contributed by atoms with Crippen LogP contribution in [-0.4, -0.2) is 12.5 Å². The largest absolute Gasteiger partial charge is 0.355 e. The minimum Gasteiger partial charge on any atom is -0.355 e. The SMILES string of the molecule is CC(C)(CNC(=O)Cc1ccsc1)c1ccsc1. The summed E-state index contributed by atoms with van der Waals surface area (Å²) >= 11 is 3.32. The van der Waals surface area contributed by atoms with E-state index in [1.54, 1.807) is 22.7 Å². The molecule has 0 spiro atoms. The Labute approximate surface area is 116 Å². The summed E-state index contributed by atoms with van der Waals surface area (Å²) in [5, 5.41) is 11.3.